The van der Waals surface area contributed by atoms with E-state index >= 15 is 0 Å². The molecule has 8 nitrogen and oxygen atoms in total. The van der Waals surface area contributed by atoms with Crippen molar-refractivity contribution < 1.29 is 22.7 Å². The van der Waals surface area contributed by atoms with Crippen molar-refractivity contribution in [2.24, 2.45) is 0 Å². The average Bonchev–Trinajstić information content (AvgIpc) is 3.44. The number of ether oxygens (including phenoxy) is 2. The van der Waals surface area contributed by atoms with E-state index in [2.05, 4.69) is 5.32 Å². The van der Waals surface area contributed by atoms with Gasteiger partial charge in [0.1, 0.15) is 0 Å². The second-order valence-electron chi connectivity index (χ2n) is 8.54. The zero-order chi connectivity index (χ0) is 23.3. The molecular weight excluding hydrogens is 442 g/mol. The molecular formula is C24H25N3O5S. The Morgan fingerprint density at radius 1 is 1.12 bits per heavy atom. The molecule has 1 aromatic heterocycles. The summed E-state index contributed by atoms with van der Waals surface area (Å²) in [5.74, 6) is 0.930. The Balaban J connectivity index is 1.61. The molecule has 0 bridgehead atoms. The third-order valence-corrected chi connectivity index (χ3v) is 8.04. The Morgan fingerprint density at radius 3 is 2.45 bits per heavy atom. The number of carbonyl (C=O) groups excluding carboxylic acids is 1. The number of benzene rings is 2. The van der Waals surface area contributed by atoms with Crippen molar-refractivity contribution in [1.82, 2.24) is 15.1 Å². The van der Waals surface area contributed by atoms with E-state index in [9.17, 15) is 13.2 Å². The minimum absolute atomic E-state index is 0.0335. The molecule has 172 valence electrons. The molecule has 3 aromatic rings. The molecule has 1 amide bonds. The lowest BCUT2D eigenvalue weighted by molar-refractivity contribution is 0.0935. The van der Waals surface area contributed by atoms with Gasteiger partial charge >= 0.3 is 0 Å². The van der Waals surface area contributed by atoms with Crippen LogP contribution in [0.25, 0.3) is 16.9 Å². The molecule has 1 N–H and O–H groups in total. The number of methoxy groups -OCH3 is 2. The Morgan fingerprint density at radius 2 is 1.82 bits per heavy atom. The fourth-order valence-electron chi connectivity index (χ4n) is 4.59. The van der Waals surface area contributed by atoms with E-state index in [0.29, 0.717) is 30.0 Å². The van der Waals surface area contributed by atoms with E-state index in [0.717, 1.165) is 33.6 Å². The first-order valence-electron chi connectivity index (χ1n) is 10.7. The molecule has 5 rings (SSSR count). The van der Waals surface area contributed by atoms with Gasteiger partial charge in [-0.2, -0.15) is 5.10 Å². The molecule has 1 aliphatic heterocycles. The fourth-order valence-corrected chi connectivity index (χ4v) is 6.26. The van der Waals surface area contributed by atoms with E-state index in [1.165, 1.54) is 0 Å². The zero-order valence-electron chi connectivity index (χ0n) is 18.7. The number of sulfone groups is 1. The second kappa shape index (κ2) is 7.91. The highest BCUT2D eigenvalue weighted by atomic mass is 32.2. The van der Waals surface area contributed by atoms with Gasteiger partial charge in [-0.1, -0.05) is 17.7 Å². The maximum absolute atomic E-state index is 13.2. The van der Waals surface area contributed by atoms with Crippen LogP contribution in [-0.2, 0) is 16.3 Å². The summed E-state index contributed by atoms with van der Waals surface area (Å²) >= 11 is 0. The van der Waals surface area contributed by atoms with Crippen LogP contribution in [0.2, 0.25) is 0 Å². The molecule has 0 radical (unpaired) electrons. The van der Waals surface area contributed by atoms with Crippen molar-refractivity contribution in [3.8, 4) is 28.4 Å². The molecule has 1 fully saturated rings. The molecule has 0 unspecified atom stereocenters. The van der Waals surface area contributed by atoms with Crippen LogP contribution in [0.3, 0.4) is 0 Å². The van der Waals surface area contributed by atoms with E-state index in [-0.39, 0.29) is 17.4 Å². The maximum Gasteiger partial charge on any atom is 0.272 e. The van der Waals surface area contributed by atoms with Gasteiger partial charge in [0.15, 0.2) is 27.0 Å². The van der Waals surface area contributed by atoms with E-state index < -0.39 is 15.9 Å². The number of nitrogens with one attached hydrogen (secondary N) is 1. The number of aromatic nitrogens is 2. The summed E-state index contributed by atoms with van der Waals surface area (Å²) in [4.78, 5) is 13.2. The minimum Gasteiger partial charge on any atom is -0.493 e. The van der Waals surface area contributed by atoms with Crippen LogP contribution >= 0.6 is 0 Å². The van der Waals surface area contributed by atoms with Crippen LogP contribution < -0.4 is 14.8 Å². The van der Waals surface area contributed by atoms with Gasteiger partial charge < -0.3 is 14.8 Å². The quantitative estimate of drug-likeness (QED) is 0.485. The van der Waals surface area contributed by atoms with Gasteiger partial charge in [0, 0.05) is 23.6 Å². The number of carbonyl (C=O) groups is 1. The van der Waals surface area contributed by atoms with Gasteiger partial charge in [0.2, 0.25) is 0 Å². The van der Waals surface area contributed by atoms with Crippen molar-refractivity contribution in [2.45, 2.75) is 25.8 Å². The number of hydrogen-bond acceptors (Lipinski definition) is 6. The normalized spacial score (nSPS) is 18.0. The standard InChI is InChI=1S/C24H25N3O5S/c1-14-4-6-17(7-5-14)27-23-18-12-21(32-3)20(31-2)11-15(18)10-19(23)22(26-27)24(28)25-16-8-9-33(29,30)13-16/h4-7,11-12,16H,8-10,13H2,1-3H3,(H,25,28)/t16-/m0/s1. The Hall–Kier alpha value is -3.33. The summed E-state index contributed by atoms with van der Waals surface area (Å²) in [7, 11) is 0.0775. The third-order valence-electron chi connectivity index (χ3n) is 6.28. The van der Waals surface area contributed by atoms with Gasteiger partial charge in [-0.05, 0) is 43.2 Å². The first-order valence-corrected chi connectivity index (χ1v) is 12.6. The summed E-state index contributed by atoms with van der Waals surface area (Å²) in [5, 5.41) is 7.57. The Labute approximate surface area is 192 Å². The van der Waals surface area contributed by atoms with Crippen LogP contribution in [0.1, 0.15) is 33.6 Å². The number of rotatable bonds is 5. The highest BCUT2D eigenvalue weighted by Crippen LogP contribution is 2.44. The first kappa shape index (κ1) is 21.5. The predicted octanol–water partition coefficient (Wildman–Crippen LogP) is 2.69. The second-order valence-corrected chi connectivity index (χ2v) is 10.8. The smallest absolute Gasteiger partial charge is 0.272 e. The Kier molecular flexibility index (Phi) is 5.16. The van der Waals surface area contributed by atoms with Crippen molar-refractivity contribution in [1.29, 1.82) is 0 Å². The number of fused-ring (bicyclic) bond motifs is 3. The van der Waals surface area contributed by atoms with Gasteiger partial charge in [0.05, 0.1) is 37.1 Å². The summed E-state index contributed by atoms with van der Waals surface area (Å²) in [6.45, 7) is 2.01. The van der Waals surface area contributed by atoms with Gasteiger partial charge in [-0.25, -0.2) is 13.1 Å². The highest BCUT2D eigenvalue weighted by Gasteiger charge is 2.35. The largest absolute Gasteiger partial charge is 0.493 e. The number of hydrogen-bond donors (Lipinski definition) is 1. The van der Waals surface area contributed by atoms with Crippen molar-refractivity contribution in [2.75, 3.05) is 25.7 Å². The van der Waals surface area contributed by atoms with Crippen molar-refractivity contribution >= 4 is 15.7 Å². The Bertz CT molecular complexity index is 1360. The zero-order valence-corrected chi connectivity index (χ0v) is 19.5. The lowest BCUT2D eigenvalue weighted by atomic mass is 10.1. The summed E-state index contributed by atoms with van der Waals surface area (Å²) in [6.07, 6.45) is 0.937. The molecule has 9 heteroatoms. The third kappa shape index (κ3) is 3.76. The molecule has 1 aliphatic carbocycles. The van der Waals surface area contributed by atoms with E-state index in [4.69, 9.17) is 14.6 Å². The minimum atomic E-state index is -3.10. The molecule has 0 saturated carbocycles. The van der Waals surface area contributed by atoms with Gasteiger partial charge in [-0.15, -0.1) is 0 Å². The van der Waals surface area contributed by atoms with Crippen LogP contribution in [0.4, 0.5) is 0 Å². The summed E-state index contributed by atoms with van der Waals surface area (Å²) in [6, 6.07) is 11.4. The SMILES string of the molecule is COc1cc2c(cc1OC)-c1c(c(C(=O)N[C@H]3CCS(=O)(=O)C3)nn1-c1ccc(C)cc1)C2. The molecule has 0 spiro atoms. The van der Waals surface area contributed by atoms with Crippen molar-refractivity contribution in [3.05, 3.63) is 58.8 Å². The molecule has 1 atom stereocenters. The molecule has 2 aromatic carbocycles. The lowest BCUT2D eigenvalue weighted by Gasteiger charge is -2.12. The van der Waals surface area contributed by atoms with Crippen LogP contribution in [0, 0.1) is 6.92 Å². The summed E-state index contributed by atoms with van der Waals surface area (Å²) < 4.78 is 36.4. The lowest BCUT2D eigenvalue weighted by Crippen LogP contribution is -2.36. The van der Waals surface area contributed by atoms with Crippen LogP contribution in [0.5, 0.6) is 11.5 Å². The van der Waals surface area contributed by atoms with Crippen LogP contribution in [-0.4, -0.2) is 55.9 Å². The van der Waals surface area contributed by atoms with E-state index in [1.54, 1.807) is 18.9 Å². The molecule has 33 heavy (non-hydrogen) atoms. The molecule has 2 heterocycles. The van der Waals surface area contributed by atoms with Crippen molar-refractivity contribution in [3.63, 3.8) is 0 Å². The predicted molar refractivity (Wildman–Crippen MR) is 124 cm³/mol. The number of nitrogens with zero attached hydrogens (tertiary/aromatic N) is 2. The monoisotopic (exact) mass is 467 g/mol. The number of amides is 1. The topological polar surface area (TPSA) is 99.5 Å². The number of aryl methyl sites for hydroxylation is 1. The fraction of sp³-hybridized carbons (Fsp3) is 0.333. The molecule has 1 saturated heterocycles. The maximum atomic E-state index is 13.2. The van der Waals surface area contributed by atoms with Gasteiger partial charge in [0.25, 0.3) is 5.91 Å². The van der Waals surface area contributed by atoms with Crippen LogP contribution in [0.15, 0.2) is 36.4 Å². The van der Waals surface area contributed by atoms with Gasteiger partial charge in [-0.3, -0.25) is 4.79 Å². The van der Waals surface area contributed by atoms with E-state index in [1.807, 2.05) is 43.3 Å². The summed E-state index contributed by atoms with van der Waals surface area (Å²) in [5.41, 5.74) is 5.84. The average molecular weight is 468 g/mol. The molecule has 2 aliphatic rings. The highest BCUT2D eigenvalue weighted by molar-refractivity contribution is 7.91. The first-order chi connectivity index (χ1) is 15.8.